The molecule has 7 nitrogen and oxygen atoms in total. The number of para-hydroxylation sites is 2. The molecule has 0 unspecified atom stereocenters. The predicted molar refractivity (Wildman–Crippen MR) is 148 cm³/mol. The number of nitrogens with one attached hydrogen (secondary N) is 1. The zero-order chi connectivity index (χ0) is 25.8. The van der Waals surface area contributed by atoms with Crippen LogP contribution in [0.25, 0.3) is 28.1 Å². The van der Waals surface area contributed by atoms with Crippen LogP contribution in [-0.2, 0) is 9.47 Å². The molecular weight excluding hydrogens is 486 g/mol. The monoisotopic (exact) mass is 513 g/mol. The summed E-state index contributed by atoms with van der Waals surface area (Å²) in [5, 5.41) is 4.99. The lowest BCUT2D eigenvalue weighted by molar-refractivity contribution is 0.118. The van der Waals surface area contributed by atoms with Crippen LogP contribution in [0.3, 0.4) is 0 Å². The molecule has 2 aromatic carbocycles. The van der Waals surface area contributed by atoms with E-state index in [1.165, 1.54) is 0 Å². The number of hydrogen-bond donors (Lipinski definition) is 1. The highest BCUT2D eigenvalue weighted by Gasteiger charge is 2.18. The van der Waals surface area contributed by atoms with E-state index in [0.717, 1.165) is 50.5 Å². The maximum absolute atomic E-state index is 6.21. The van der Waals surface area contributed by atoms with E-state index < -0.39 is 0 Å². The number of hydrogen-bond acceptors (Lipinski definition) is 6. The maximum atomic E-state index is 6.21. The number of benzene rings is 3. The summed E-state index contributed by atoms with van der Waals surface area (Å²) in [5.41, 5.74) is 7.21. The van der Waals surface area contributed by atoms with Crippen LogP contribution >= 0.6 is 11.6 Å². The van der Waals surface area contributed by atoms with Gasteiger partial charge in [-0.15, -0.1) is 0 Å². The first-order valence-electron chi connectivity index (χ1n) is 12.0. The smallest absolute Gasteiger partial charge is 0.0973 e. The van der Waals surface area contributed by atoms with Gasteiger partial charge in [0.25, 0.3) is 0 Å². The molecule has 0 atom stereocenters. The third-order valence-corrected chi connectivity index (χ3v) is 6.35. The molecule has 0 radical (unpaired) electrons. The lowest BCUT2D eigenvalue weighted by atomic mass is 10.1. The molecule has 2 aliphatic rings. The molecule has 37 heavy (non-hydrogen) atoms. The Labute approximate surface area is 220 Å². The van der Waals surface area contributed by atoms with Gasteiger partial charge in [0.15, 0.2) is 0 Å². The van der Waals surface area contributed by atoms with Crippen LogP contribution in [0, 0.1) is 6.92 Å². The van der Waals surface area contributed by atoms with Crippen molar-refractivity contribution >= 4 is 34.0 Å². The molecule has 2 heterocycles. The summed E-state index contributed by atoms with van der Waals surface area (Å²) >= 11 is 6.21. The SMILES string of the molecule is COCC(COC)N=c1cc2n(-c3ccc(Cl)cc3)c3ccccc3nc-2cc1Nc1cccnc1C. The van der Waals surface area contributed by atoms with Gasteiger partial charge in [-0.25, -0.2) is 4.98 Å². The van der Waals surface area contributed by atoms with Crippen LogP contribution in [0.5, 0.6) is 0 Å². The van der Waals surface area contributed by atoms with E-state index in [2.05, 4.69) is 27.0 Å². The Morgan fingerprint density at radius 3 is 2.43 bits per heavy atom. The highest BCUT2D eigenvalue weighted by atomic mass is 35.5. The Hall–Kier alpha value is -3.78. The van der Waals surface area contributed by atoms with Crippen LogP contribution in [0.1, 0.15) is 5.69 Å². The van der Waals surface area contributed by atoms with E-state index >= 15 is 0 Å². The van der Waals surface area contributed by atoms with Crippen molar-refractivity contribution in [1.82, 2.24) is 14.5 Å². The molecule has 8 heteroatoms. The summed E-state index contributed by atoms with van der Waals surface area (Å²) in [5.74, 6) is 0. The first-order chi connectivity index (χ1) is 18.1. The number of aromatic nitrogens is 3. The number of anilines is 2. The molecule has 0 amide bonds. The summed E-state index contributed by atoms with van der Waals surface area (Å²) in [6.45, 7) is 2.84. The van der Waals surface area contributed by atoms with Gasteiger partial charge in [0.05, 0.1) is 64.1 Å². The maximum Gasteiger partial charge on any atom is 0.0973 e. The Morgan fingerprint density at radius 1 is 0.946 bits per heavy atom. The summed E-state index contributed by atoms with van der Waals surface area (Å²) in [7, 11) is 3.34. The van der Waals surface area contributed by atoms with E-state index in [-0.39, 0.29) is 6.04 Å². The second-order valence-corrected chi connectivity index (χ2v) is 9.16. The Morgan fingerprint density at radius 2 is 1.70 bits per heavy atom. The fourth-order valence-electron chi connectivity index (χ4n) is 4.38. The third kappa shape index (κ3) is 5.34. The molecular formula is C29H28ClN5O2. The molecule has 0 saturated carbocycles. The first-order valence-corrected chi connectivity index (χ1v) is 12.4. The van der Waals surface area contributed by atoms with Gasteiger partial charge in [0.2, 0.25) is 0 Å². The molecule has 0 fully saturated rings. The molecule has 0 spiro atoms. The number of ether oxygens (including phenoxy) is 2. The van der Waals surface area contributed by atoms with E-state index in [1.807, 2.05) is 67.6 Å². The Bertz CT molecular complexity index is 1560. The number of methoxy groups -OCH3 is 2. The first kappa shape index (κ1) is 24.9. The zero-order valence-corrected chi connectivity index (χ0v) is 21.7. The van der Waals surface area contributed by atoms with Gasteiger partial charge in [0, 0.05) is 31.1 Å². The van der Waals surface area contributed by atoms with Gasteiger partial charge in [-0.1, -0.05) is 23.7 Å². The van der Waals surface area contributed by atoms with Crippen LogP contribution in [-0.4, -0.2) is 48.0 Å². The third-order valence-electron chi connectivity index (χ3n) is 6.10. The van der Waals surface area contributed by atoms with Crippen LogP contribution in [0.4, 0.5) is 11.4 Å². The van der Waals surface area contributed by atoms with Crippen molar-refractivity contribution in [3.05, 3.63) is 95.1 Å². The van der Waals surface area contributed by atoms with E-state index in [0.29, 0.717) is 18.2 Å². The van der Waals surface area contributed by atoms with Crippen molar-refractivity contribution in [3.8, 4) is 17.1 Å². The quantitative estimate of drug-likeness (QED) is 0.266. The van der Waals surface area contributed by atoms with Gasteiger partial charge >= 0.3 is 0 Å². The number of pyridine rings is 1. The van der Waals surface area contributed by atoms with Crippen molar-refractivity contribution in [1.29, 1.82) is 0 Å². The molecule has 1 aliphatic heterocycles. The van der Waals surface area contributed by atoms with Gasteiger partial charge in [-0.2, -0.15) is 0 Å². The minimum Gasteiger partial charge on any atom is -0.382 e. The van der Waals surface area contributed by atoms with Crippen LogP contribution in [0.2, 0.25) is 5.02 Å². The van der Waals surface area contributed by atoms with Crippen molar-refractivity contribution in [2.75, 3.05) is 32.8 Å². The minimum absolute atomic E-state index is 0.180. The van der Waals surface area contributed by atoms with Crippen molar-refractivity contribution in [3.63, 3.8) is 0 Å². The number of aryl methyl sites for hydroxylation is 1. The van der Waals surface area contributed by atoms with Crippen molar-refractivity contribution in [2.24, 2.45) is 4.99 Å². The number of fused-ring (bicyclic) bond motifs is 2. The molecule has 1 N–H and O–H groups in total. The summed E-state index contributed by atoms with van der Waals surface area (Å²) in [4.78, 5) is 14.5. The number of rotatable bonds is 8. The van der Waals surface area contributed by atoms with Crippen molar-refractivity contribution in [2.45, 2.75) is 13.0 Å². The molecule has 3 aromatic rings. The number of halogens is 1. The standard InChI is InChI=1S/C29H28ClN5O2/c1-19-23(8-6-14-31-19)33-25-15-27-29(16-26(25)32-21(17-36-2)18-37-3)35(22-12-10-20(30)11-13-22)28-9-5-4-7-24(28)34-27/h4-16,21,33H,17-18H2,1-3H3. The lowest BCUT2D eigenvalue weighted by Crippen LogP contribution is -2.24. The van der Waals surface area contributed by atoms with E-state index in [9.17, 15) is 0 Å². The van der Waals surface area contributed by atoms with Gasteiger partial charge in [-0.05, 0) is 67.6 Å². The van der Waals surface area contributed by atoms with Gasteiger partial charge < -0.3 is 19.4 Å². The average Bonchev–Trinajstić information content (AvgIpc) is 2.90. The highest BCUT2D eigenvalue weighted by Crippen LogP contribution is 2.31. The highest BCUT2D eigenvalue weighted by molar-refractivity contribution is 6.30. The summed E-state index contributed by atoms with van der Waals surface area (Å²) in [6.07, 6.45) is 1.78. The molecule has 5 rings (SSSR count). The van der Waals surface area contributed by atoms with Gasteiger partial charge in [-0.3, -0.25) is 9.98 Å². The molecule has 1 aromatic heterocycles. The van der Waals surface area contributed by atoms with E-state index in [1.54, 1.807) is 20.4 Å². The van der Waals surface area contributed by atoms with Crippen LogP contribution < -0.4 is 10.7 Å². The van der Waals surface area contributed by atoms with E-state index in [4.69, 9.17) is 31.1 Å². The fraction of sp³-hybridized carbons (Fsp3) is 0.207. The largest absolute Gasteiger partial charge is 0.382 e. The average molecular weight is 514 g/mol. The lowest BCUT2D eigenvalue weighted by Gasteiger charge is -2.21. The normalized spacial score (nSPS) is 12.1. The van der Waals surface area contributed by atoms with Crippen molar-refractivity contribution < 1.29 is 9.47 Å². The second kappa shape index (κ2) is 11.1. The molecule has 0 bridgehead atoms. The zero-order valence-electron chi connectivity index (χ0n) is 21.0. The summed E-state index contributed by atoms with van der Waals surface area (Å²) in [6, 6.07) is 23.7. The summed E-state index contributed by atoms with van der Waals surface area (Å²) < 4.78 is 13.0. The fourth-order valence-corrected chi connectivity index (χ4v) is 4.51. The Kier molecular flexibility index (Phi) is 7.46. The second-order valence-electron chi connectivity index (χ2n) is 8.73. The number of nitrogens with zero attached hydrogens (tertiary/aromatic N) is 4. The van der Waals surface area contributed by atoms with Gasteiger partial charge in [0.1, 0.15) is 0 Å². The Balaban J connectivity index is 1.81. The molecule has 1 aliphatic carbocycles. The minimum atomic E-state index is -0.180. The molecule has 0 saturated heterocycles. The van der Waals surface area contributed by atoms with Crippen LogP contribution in [0.15, 0.2) is 84.0 Å². The predicted octanol–water partition coefficient (Wildman–Crippen LogP) is 5.79. The topological polar surface area (TPSA) is 73.6 Å². The molecule has 188 valence electrons.